The summed E-state index contributed by atoms with van der Waals surface area (Å²) in [7, 11) is 0. The summed E-state index contributed by atoms with van der Waals surface area (Å²) in [5.74, 6) is 1.44. The van der Waals surface area contributed by atoms with Crippen molar-refractivity contribution in [1.82, 2.24) is 10.1 Å². The molecule has 0 aliphatic heterocycles. The topological polar surface area (TPSA) is 89.3 Å². The number of aryl methyl sites for hydroxylation is 2. The number of fused-ring (bicyclic) bond motifs is 1. The van der Waals surface area contributed by atoms with Gasteiger partial charge in [-0.1, -0.05) is 22.8 Å². The number of anilines is 1. The zero-order valence-corrected chi connectivity index (χ0v) is 15.5. The number of rotatable bonds is 5. The normalized spacial score (nSPS) is 13.6. The third kappa shape index (κ3) is 4.28. The van der Waals surface area contributed by atoms with Crippen LogP contribution in [0.25, 0.3) is 11.4 Å². The lowest BCUT2D eigenvalue weighted by Gasteiger charge is -2.07. The molecule has 0 atom stereocenters. The monoisotopic (exact) mass is 381 g/mol. The molecule has 0 unspecified atom stereocenters. The van der Waals surface area contributed by atoms with E-state index in [1.165, 1.54) is 24.0 Å². The van der Waals surface area contributed by atoms with Gasteiger partial charge < -0.3 is 15.6 Å². The number of nitrogens with zero attached hydrogens (tertiary/aromatic N) is 3. The Morgan fingerprint density at radius 2 is 1.96 bits per heavy atom. The van der Waals surface area contributed by atoms with Crippen LogP contribution in [0.5, 0.6) is 0 Å². The van der Waals surface area contributed by atoms with Crippen molar-refractivity contribution in [1.29, 1.82) is 0 Å². The summed E-state index contributed by atoms with van der Waals surface area (Å²) in [4.78, 5) is 8.72. The minimum atomic E-state index is 0.380. The second kappa shape index (κ2) is 7.80. The van der Waals surface area contributed by atoms with Crippen LogP contribution in [-0.4, -0.2) is 22.6 Å². The van der Waals surface area contributed by atoms with Gasteiger partial charge in [-0.2, -0.15) is 4.98 Å². The molecule has 3 N–H and O–H groups in total. The predicted molar refractivity (Wildman–Crippen MR) is 107 cm³/mol. The average Bonchev–Trinajstić information content (AvgIpc) is 3.31. The van der Waals surface area contributed by atoms with Crippen molar-refractivity contribution >= 4 is 23.2 Å². The van der Waals surface area contributed by atoms with E-state index in [0.717, 1.165) is 17.7 Å². The number of benzene rings is 2. The van der Waals surface area contributed by atoms with E-state index in [0.29, 0.717) is 35.7 Å². The number of hydrogen-bond donors (Lipinski definition) is 2. The van der Waals surface area contributed by atoms with Gasteiger partial charge in [-0.3, -0.25) is 4.99 Å². The maximum atomic E-state index is 5.99. The number of hydrogen-bond acceptors (Lipinski definition) is 4. The van der Waals surface area contributed by atoms with Gasteiger partial charge in [0.15, 0.2) is 5.96 Å². The van der Waals surface area contributed by atoms with Crippen molar-refractivity contribution in [3.05, 3.63) is 64.5 Å². The lowest BCUT2D eigenvalue weighted by atomic mass is 10.1. The van der Waals surface area contributed by atoms with E-state index in [1.54, 1.807) is 12.1 Å². The summed E-state index contributed by atoms with van der Waals surface area (Å²) in [6.45, 7) is 0.464. The fourth-order valence-corrected chi connectivity index (χ4v) is 3.31. The molecule has 138 valence electrons. The Kier molecular flexibility index (Phi) is 5.07. The van der Waals surface area contributed by atoms with Gasteiger partial charge in [-0.25, -0.2) is 0 Å². The second-order valence-electron chi connectivity index (χ2n) is 6.50. The molecule has 7 heteroatoms. The van der Waals surface area contributed by atoms with Crippen molar-refractivity contribution in [2.45, 2.75) is 25.7 Å². The highest BCUT2D eigenvalue weighted by atomic mass is 35.5. The molecular formula is C20H20ClN5O. The van der Waals surface area contributed by atoms with Crippen molar-refractivity contribution in [3.63, 3.8) is 0 Å². The number of guanidine groups is 1. The Balaban J connectivity index is 1.33. The molecule has 2 aromatic carbocycles. The van der Waals surface area contributed by atoms with Crippen LogP contribution in [0, 0.1) is 0 Å². The number of nitrogens with one attached hydrogen (secondary N) is 1. The molecule has 0 bridgehead atoms. The zero-order chi connectivity index (χ0) is 18.6. The van der Waals surface area contributed by atoms with Gasteiger partial charge in [-0.15, -0.1) is 0 Å². The van der Waals surface area contributed by atoms with Gasteiger partial charge >= 0.3 is 0 Å². The number of aliphatic imine (C=N–C) groups is 1. The smallest absolute Gasteiger partial charge is 0.228 e. The summed E-state index contributed by atoms with van der Waals surface area (Å²) in [6, 6.07) is 13.7. The highest BCUT2D eigenvalue weighted by Crippen LogP contribution is 2.24. The van der Waals surface area contributed by atoms with Crippen molar-refractivity contribution in [2.75, 3.05) is 11.9 Å². The molecular weight excluding hydrogens is 362 g/mol. The van der Waals surface area contributed by atoms with Crippen LogP contribution in [0.15, 0.2) is 52.0 Å². The lowest BCUT2D eigenvalue weighted by Crippen LogP contribution is -2.23. The first-order valence-electron chi connectivity index (χ1n) is 8.95. The molecule has 0 radical (unpaired) electrons. The number of halogens is 1. The van der Waals surface area contributed by atoms with E-state index in [1.807, 2.05) is 18.2 Å². The third-order valence-corrected chi connectivity index (χ3v) is 4.80. The van der Waals surface area contributed by atoms with Gasteiger partial charge in [0, 0.05) is 22.7 Å². The highest BCUT2D eigenvalue weighted by molar-refractivity contribution is 6.30. The van der Waals surface area contributed by atoms with Gasteiger partial charge in [0.05, 0.1) is 6.54 Å². The van der Waals surface area contributed by atoms with Gasteiger partial charge in [-0.05, 0) is 66.8 Å². The summed E-state index contributed by atoms with van der Waals surface area (Å²) in [5, 5.41) is 7.80. The third-order valence-electron chi connectivity index (χ3n) is 4.55. The van der Waals surface area contributed by atoms with Crippen molar-refractivity contribution in [2.24, 2.45) is 10.7 Å². The van der Waals surface area contributed by atoms with Crippen molar-refractivity contribution in [3.8, 4) is 11.4 Å². The minimum absolute atomic E-state index is 0.380. The summed E-state index contributed by atoms with van der Waals surface area (Å²) >= 11 is 5.89. The van der Waals surface area contributed by atoms with Gasteiger partial charge in [0.2, 0.25) is 11.7 Å². The van der Waals surface area contributed by atoms with Crippen molar-refractivity contribution < 1.29 is 4.52 Å². The molecule has 6 nitrogen and oxygen atoms in total. The Hall–Kier alpha value is -2.86. The van der Waals surface area contributed by atoms with Gasteiger partial charge in [0.25, 0.3) is 0 Å². The molecule has 1 heterocycles. The molecule has 0 amide bonds. The molecule has 1 aliphatic carbocycles. The van der Waals surface area contributed by atoms with Crippen LogP contribution >= 0.6 is 11.6 Å². The quantitative estimate of drug-likeness (QED) is 0.517. The minimum Gasteiger partial charge on any atom is -0.370 e. The predicted octanol–water partition coefficient (Wildman–Crippen LogP) is 3.85. The Labute approximate surface area is 162 Å². The fourth-order valence-electron chi connectivity index (χ4n) is 3.18. The average molecular weight is 382 g/mol. The van der Waals surface area contributed by atoms with Crippen LogP contribution in [0.4, 0.5) is 5.69 Å². The molecule has 4 rings (SSSR count). The van der Waals surface area contributed by atoms with E-state index in [2.05, 4.69) is 32.6 Å². The molecule has 27 heavy (non-hydrogen) atoms. The Morgan fingerprint density at radius 1 is 1.15 bits per heavy atom. The first kappa shape index (κ1) is 17.5. The number of aromatic nitrogens is 2. The lowest BCUT2D eigenvalue weighted by molar-refractivity contribution is 0.380. The molecule has 3 aromatic rings. The molecule has 0 spiro atoms. The standard InChI is InChI=1S/C20H20ClN5O/c21-16-7-4-14(5-8-16)19-25-18(27-26-19)10-11-23-20(22)24-17-9-6-13-2-1-3-15(13)12-17/h4-9,12H,1-3,10-11H2,(H3,22,23,24). The first-order valence-corrected chi connectivity index (χ1v) is 9.32. The molecule has 0 saturated heterocycles. The SMILES string of the molecule is NC(=NCCc1nc(-c2ccc(Cl)cc2)no1)Nc1ccc2c(c1)CCC2. The van der Waals surface area contributed by atoms with E-state index in [4.69, 9.17) is 21.9 Å². The first-order chi connectivity index (χ1) is 13.2. The van der Waals surface area contributed by atoms with Crippen LogP contribution in [0.3, 0.4) is 0 Å². The largest absolute Gasteiger partial charge is 0.370 e. The summed E-state index contributed by atoms with van der Waals surface area (Å²) in [6.07, 6.45) is 4.05. The van der Waals surface area contributed by atoms with Crippen LogP contribution in [0.1, 0.15) is 23.4 Å². The summed E-state index contributed by atoms with van der Waals surface area (Å²) in [5.41, 5.74) is 10.6. The van der Waals surface area contributed by atoms with E-state index in [-0.39, 0.29) is 0 Å². The zero-order valence-electron chi connectivity index (χ0n) is 14.8. The number of nitrogens with two attached hydrogens (primary N) is 1. The van der Waals surface area contributed by atoms with Crippen LogP contribution in [-0.2, 0) is 19.3 Å². The Morgan fingerprint density at radius 3 is 2.81 bits per heavy atom. The summed E-state index contributed by atoms with van der Waals surface area (Å²) < 4.78 is 5.28. The molecule has 1 aromatic heterocycles. The molecule has 1 aliphatic rings. The molecule has 0 fully saturated rings. The second-order valence-corrected chi connectivity index (χ2v) is 6.93. The van der Waals surface area contributed by atoms with E-state index in [9.17, 15) is 0 Å². The van der Waals surface area contributed by atoms with Crippen LogP contribution in [0.2, 0.25) is 5.02 Å². The van der Waals surface area contributed by atoms with E-state index < -0.39 is 0 Å². The molecule has 0 saturated carbocycles. The maximum absolute atomic E-state index is 5.99. The Bertz CT molecular complexity index is 965. The van der Waals surface area contributed by atoms with Gasteiger partial charge in [0.1, 0.15) is 0 Å². The maximum Gasteiger partial charge on any atom is 0.228 e. The van der Waals surface area contributed by atoms with Crippen LogP contribution < -0.4 is 11.1 Å². The highest BCUT2D eigenvalue weighted by Gasteiger charge is 2.11. The van der Waals surface area contributed by atoms with E-state index >= 15 is 0 Å². The fraction of sp³-hybridized carbons (Fsp3) is 0.250.